The van der Waals surface area contributed by atoms with Crippen LogP contribution in [0.3, 0.4) is 0 Å². The zero-order valence-electron chi connectivity index (χ0n) is 9.36. The van der Waals surface area contributed by atoms with Crippen LogP contribution in [0.25, 0.3) is 0 Å². The molecule has 0 saturated carbocycles. The zero-order chi connectivity index (χ0) is 10.9. The number of phenolic OH excluding ortho intramolecular Hbond substituents is 1. The van der Waals surface area contributed by atoms with Gasteiger partial charge in [0, 0.05) is 5.02 Å². The van der Waals surface area contributed by atoms with Gasteiger partial charge in [-0.2, -0.15) is 8.42 Å². The second-order valence-electron chi connectivity index (χ2n) is 2.74. The molecule has 7 heteroatoms. The van der Waals surface area contributed by atoms with E-state index in [1.807, 2.05) is 6.92 Å². The van der Waals surface area contributed by atoms with E-state index in [0.29, 0.717) is 12.0 Å². The third-order valence-electron chi connectivity index (χ3n) is 1.79. The van der Waals surface area contributed by atoms with Crippen molar-refractivity contribution in [2.75, 3.05) is 0 Å². The maximum absolute atomic E-state index is 10.7. The molecule has 0 aliphatic heterocycles. The summed E-state index contributed by atoms with van der Waals surface area (Å²) in [4.78, 5) is -0.570. The first-order chi connectivity index (χ1) is 6.36. The minimum atomic E-state index is -4.42. The Morgan fingerprint density at radius 1 is 1.47 bits per heavy atom. The van der Waals surface area contributed by atoms with Crippen molar-refractivity contribution in [3.8, 4) is 5.75 Å². The number of phenols is 1. The maximum atomic E-state index is 10.7. The van der Waals surface area contributed by atoms with E-state index in [4.69, 9.17) is 16.2 Å². The van der Waals surface area contributed by atoms with Gasteiger partial charge >= 0.3 is 29.6 Å². The Morgan fingerprint density at radius 3 is 2.40 bits per heavy atom. The molecule has 0 aliphatic carbocycles. The van der Waals surface area contributed by atoms with Crippen LogP contribution >= 0.6 is 11.6 Å². The Labute approximate surface area is 117 Å². The average Bonchev–Trinajstić information content (AvgIpc) is 2.06. The zero-order valence-corrected chi connectivity index (χ0v) is 11.9. The second kappa shape index (κ2) is 5.52. The number of hydrogen-bond donors (Lipinski definition) is 2. The molecule has 1 aromatic rings. The molecule has 1 aromatic carbocycles. The molecule has 0 heterocycles. The summed E-state index contributed by atoms with van der Waals surface area (Å²) in [5.41, 5.74) is 0.622. The van der Waals surface area contributed by atoms with Crippen molar-refractivity contribution in [1.29, 1.82) is 0 Å². The van der Waals surface area contributed by atoms with Crippen LogP contribution in [0.5, 0.6) is 5.75 Å². The Balaban J connectivity index is 0. The van der Waals surface area contributed by atoms with Crippen LogP contribution in [0.1, 0.15) is 13.9 Å². The standard InChI is InChI=1S/C8H9ClO4S.Na.H/c1-2-5-3-7(10)8(4-6(5)9)14(11,12)13;;/h3-4,10H,2H2,1H3,(H,11,12,13);;/q;+1;-1. The van der Waals surface area contributed by atoms with Crippen LogP contribution < -0.4 is 29.6 Å². The number of hydrogen-bond acceptors (Lipinski definition) is 3. The first-order valence-corrected chi connectivity index (χ1v) is 5.67. The Hall–Kier alpha value is 0.220. The van der Waals surface area contributed by atoms with Gasteiger partial charge in [0.25, 0.3) is 10.1 Å². The molecule has 0 saturated heterocycles. The van der Waals surface area contributed by atoms with Crippen molar-refractivity contribution in [3.05, 3.63) is 22.7 Å². The summed E-state index contributed by atoms with van der Waals surface area (Å²) < 4.78 is 30.2. The fraction of sp³-hybridized carbons (Fsp3) is 0.250. The van der Waals surface area contributed by atoms with E-state index in [1.54, 1.807) is 0 Å². The van der Waals surface area contributed by atoms with Crippen LogP contribution in [-0.2, 0) is 16.5 Å². The van der Waals surface area contributed by atoms with Crippen LogP contribution in [0.2, 0.25) is 5.02 Å². The van der Waals surface area contributed by atoms with Gasteiger partial charge in [-0.15, -0.1) is 0 Å². The summed E-state index contributed by atoms with van der Waals surface area (Å²) in [5.74, 6) is -0.492. The minimum absolute atomic E-state index is 0. The predicted molar refractivity (Wildman–Crippen MR) is 53.4 cm³/mol. The van der Waals surface area contributed by atoms with Gasteiger partial charge < -0.3 is 6.53 Å². The van der Waals surface area contributed by atoms with Gasteiger partial charge in [-0.25, -0.2) is 0 Å². The van der Waals surface area contributed by atoms with Crippen LogP contribution in [0.15, 0.2) is 17.0 Å². The van der Waals surface area contributed by atoms with Crippen molar-refractivity contribution in [2.45, 2.75) is 18.2 Å². The molecule has 2 N–H and O–H groups in total. The molecule has 0 unspecified atom stereocenters. The predicted octanol–water partition coefficient (Wildman–Crippen LogP) is -1.03. The Bertz CT molecular complexity index is 463. The van der Waals surface area contributed by atoms with Crippen molar-refractivity contribution >= 4 is 21.7 Å². The largest absolute Gasteiger partial charge is 1.00 e. The number of aryl methyl sites for hydroxylation is 1. The van der Waals surface area contributed by atoms with Gasteiger partial charge in [0.2, 0.25) is 0 Å². The van der Waals surface area contributed by atoms with E-state index in [9.17, 15) is 13.5 Å². The fourth-order valence-electron chi connectivity index (χ4n) is 1.06. The maximum Gasteiger partial charge on any atom is 1.00 e. The molecule has 80 valence electrons. The Kier molecular flexibility index (Phi) is 5.60. The molecular weight excluding hydrogens is 251 g/mol. The van der Waals surface area contributed by atoms with Crippen molar-refractivity contribution in [1.82, 2.24) is 0 Å². The molecule has 0 aromatic heterocycles. The molecule has 0 amide bonds. The Morgan fingerprint density at radius 2 is 2.00 bits per heavy atom. The molecule has 0 aliphatic rings. The van der Waals surface area contributed by atoms with E-state index in [1.165, 1.54) is 6.07 Å². The molecule has 4 nitrogen and oxygen atoms in total. The van der Waals surface area contributed by atoms with Gasteiger partial charge in [-0.05, 0) is 24.1 Å². The van der Waals surface area contributed by atoms with Crippen molar-refractivity contribution in [3.63, 3.8) is 0 Å². The van der Waals surface area contributed by atoms with Gasteiger partial charge in [0.15, 0.2) is 0 Å². The summed E-state index contributed by atoms with van der Waals surface area (Å²) in [6, 6.07) is 2.26. The van der Waals surface area contributed by atoms with E-state index < -0.39 is 20.8 Å². The molecule has 1 rings (SSSR count). The van der Waals surface area contributed by atoms with Gasteiger partial charge in [-0.1, -0.05) is 18.5 Å². The molecule has 0 spiro atoms. The SMILES string of the molecule is CCc1cc(O)c(S(=O)(=O)O)cc1Cl.[H-].[Na+]. The van der Waals surface area contributed by atoms with E-state index in [0.717, 1.165) is 6.07 Å². The van der Waals surface area contributed by atoms with Gasteiger partial charge in [0.1, 0.15) is 10.6 Å². The molecule has 0 atom stereocenters. The van der Waals surface area contributed by atoms with E-state index in [-0.39, 0.29) is 36.0 Å². The number of halogens is 1. The molecule has 0 bridgehead atoms. The number of benzene rings is 1. The summed E-state index contributed by atoms with van der Waals surface area (Å²) in [6.07, 6.45) is 0.568. The third kappa shape index (κ3) is 3.62. The second-order valence-corrected chi connectivity index (χ2v) is 4.54. The minimum Gasteiger partial charge on any atom is -1.00 e. The summed E-state index contributed by atoms with van der Waals surface area (Å²) in [6.45, 7) is 1.81. The van der Waals surface area contributed by atoms with Crippen LogP contribution in [0.4, 0.5) is 0 Å². The van der Waals surface area contributed by atoms with Crippen molar-refractivity contribution < 1.29 is 49.1 Å². The third-order valence-corrected chi connectivity index (χ3v) is 3.02. The number of aromatic hydroxyl groups is 1. The first-order valence-electron chi connectivity index (χ1n) is 3.85. The summed E-state index contributed by atoms with van der Waals surface area (Å²) >= 11 is 5.72. The van der Waals surface area contributed by atoms with Crippen molar-refractivity contribution in [2.24, 2.45) is 0 Å². The van der Waals surface area contributed by atoms with Gasteiger partial charge in [-0.3, -0.25) is 4.55 Å². The van der Waals surface area contributed by atoms with Crippen LogP contribution in [0, 0.1) is 0 Å². The normalized spacial score (nSPS) is 10.9. The summed E-state index contributed by atoms with van der Waals surface area (Å²) in [7, 11) is -4.42. The molecule has 0 fully saturated rings. The average molecular weight is 261 g/mol. The van der Waals surface area contributed by atoms with Gasteiger partial charge in [0.05, 0.1) is 0 Å². The molecular formula is C8H10ClNaO4S. The van der Waals surface area contributed by atoms with E-state index >= 15 is 0 Å². The first kappa shape index (κ1) is 15.2. The molecule has 15 heavy (non-hydrogen) atoms. The fourth-order valence-corrected chi connectivity index (χ4v) is 2.02. The summed E-state index contributed by atoms with van der Waals surface area (Å²) in [5, 5.41) is 9.49. The topological polar surface area (TPSA) is 74.6 Å². The van der Waals surface area contributed by atoms with E-state index in [2.05, 4.69) is 0 Å². The molecule has 0 radical (unpaired) electrons. The smallest absolute Gasteiger partial charge is 1.00 e. The number of rotatable bonds is 2. The quantitative estimate of drug-likeness (QED) is 0.527. The monoisotopic (exact) mass is 260 g/mol. The van der Waals surface area contributed by atoms with Crippen LogP contribution in [-0.4, -0.2) is 18.1 Å².